The molecule has 0 aromatic rings. The molecule has 0 saturated heterocycles. The van der Waals surface area contributed by atoms with Crippen molar-refractivity contribution in [2.24, 2.45) is 5.41 Å². The van der Waals surface area contributed by atoms with Crippen LogP contribution in [-0.4, -0.2) is 12.1 Å². The highest BCUT2D eigenvalue weighted by Gasteiger charge is 2.26. The van der Waals surface area contributed by atoms with Gasteiger partial charge in [-0.15, -0.1) is 0 Å². The Morgan fingerprint density at radius 2 is 2.00 bits per heavy atom. The van der Waals surface area contributed by atoms with E-state index >= 15 is 0 Å². The highest BCUT2D eigenvalue weighted by molar-refractivity contribution is 6.18. The van der Waals surface area contributed by atoms with Gasteiger partial charge in [0.2, 0.25) is 0 Å². The molecule has 0 aromatic carbocycles. The summed E-state index contributed by atoms with van der Waals surface area (Å²) >= 11 is 0. The Morgan fingerprint density at radius 1 is 1.42 bits per heavy atom. The SMILES string of the molecule is CC1=C(C=O)C(=O)C=CC1(C)C. The van der Waals surface area contributed by atoms with Crippen molar-refractivity contribution in [1.29, 1.82) is 0 Å². The van der Waals surface area contributed by atoms with Crippen LogP contribution < -0.4 is 0 Å². The van der Waals surface area contributed by atoms with Crippen molar-refractivity contribution in [3.05, 3.63) is 23.3 Å². The fraction of sp³-hybridized carbons (Fsp3) is 0.400. The molecule has 0 saturated carbocycles. The van der Waals surface area contributed by atoms with E-state index in [4.69, 9.17) is 0 Å². The van der Waals surface area contributed by atoms with Crippen molar-refractivity contribution in [2.75, 3.05) is 0 Å². The minimum absolute atomic E-state index is 0.163. The molecule has 0 heterocycles. The quantitative estimate of drug-likeness (QED) is 0.436. The average molecular weight is 164 g/mol. The third kappa shape index (κ3) is 1.24. The molecule has 1 rings (SSSR count). The lowest BCUT2D eigenvalue weighted by molar-refractivity contribution is -0.114. The van der Waals surface area contributed by atoms with Crippen molar-refractivity contribution in [3.8, 4) is 0 Å². The summed E-state index contributed by atoms with van der Waals surface area (Å²) in [7, 11) is 0. The first-order chi connectivity index (χ1) is 5.49. The number of carbonyl (C=O) groups excluding carboxylic acids is 2. The van der Waals surface area contributed by atoms with E-state index in [1.54, 1.807) is 0 Å². The molecule has 1 aliphatic carbocycles. The smallest absolute Gasteiger partial charge is 0.188 e. The predicted octanol–water partition coefficient (Wildman–Crippen LogP) is 1.67. The van der Waals surface area contributed by atoms with E-state index in [1.165, 1.54) is 6.08 Å². The summed E-state index contributed by atoms with van der Waals surface area (Å²) in [5.74, 6) is -0.179. The number of ketones is 1. The molecule has 2 heteroatoms. The summed E-state index contributed by atoms with van der Waals surface area (Å²) < 4.78 is 0. The van der Waals surface area contributed by atoms with Crippen LogP contribution in [0.25, 0.3) is 0 Å². The van der Waals surface area contributed by atoms with Crippen LogP contribution in [0.15, 0.2) is 23.3 Å². The highest BCUT2D eigenvalue weighted by Crippen LogP contribution is 2.32. The second-order valence-corrected chi connectivity index (χ2v) is 3.58. The zero-order valence-corrected chi connectivity index (χ0v) is 7.55. The van der Waals surface area contributed by atoms with Gasteiger partial charge in [-0.05, 0) is 18.6 Å². The predicted molar refractivity (Wildman–Crippen MR) is 46.7 cm³/mol. The van der Waals surface area contributed by atoms with E-state index in [0.717, 1.165) is 5.57 Å². The van der Waals surface area contributed by atoms with E-state index in [-0.39, 0.29) is 11.2 Å². The van der Waals surface area contributed by atoms with Gasteiger partial charge in [0, 0.05) is 5.41 Å². The number of allylic oxidation sites excluding steroid dienone is 4. The van der Waals surface area contributed by atoms with E-state index in [0.29, 0.717) is 11.9 Å². The minimum atomic E-state index is -0.179. The maximum atomic E-state index is 11.1. The zero-order chi connectivity index (χ0) is 9.35. The Labute approximate surface area is 72.0 Å². The summed E-state index contributed by atoms with van der Waals surface area (Å²) in [6.07, 6.45) is 3.94. The Kier molecular flexibility index (Phi) is 2.01. The normalized spacial score (nSPS) is 21.4. The third-order valence-electron chi connectivity index (χ3n) is 2.41. The molecule has 1 aliphatic rings. The van der Waals surface area contributed by atoms with Gasteiger partial charge in [0.25, 0.3) is 0 Å². The molecule has 0 N–H and O–H groups in total. The molecule has 0 unspecified atom stereocenters. The van der Waals surface area contributed by atoms with Crippen LogP contribution in [0.5, 0.6) is 0 Å². The first-order valence-electron chi connectivity index (χ1n) is 3.89. The van der Waals surface area contributed by atoms with Gasteiger partial charge < -0.3 is 0 Å². The van der Waals surface area contributed by atoms with Gasteiger partial charge in [0.05, 0.1) is 5.57 Å². The van der Waals surface area contributed by atoms with E-state index in [2.05, 4.69) is 0 Å². The summed E-state index contributed by atoms with van der Waals surface area (Å²) in [5.41, 5.74) is 0.997. The second kappa shape index (κ2) is 2.70. The van der Waals surface area contributed by atoms with Gasteiger partial charge in [-0.2, -0.15) is 0 Å². The molecule has 2 nitrogen and oxygen atoms in total. The average Bonchev–Trinajstić information content (AvgIpc) is 2.00. The first kappa shape index (κ1) is 8.91. The van der Waals surface area contributed by atoms with Crippen LogP contribution >= 0.6 is 0 Å². The van der Waals surface area contributed by atoms with Crippen LogP contribution in [0.2, 0.25) is 0 Å². The summed E-state index contributed by atoms with van der Waals surface area (Å²) in [4.78, 5) is 21.7. The number of hydrogen-bond donors (Lipinski definition) is 0. The summed E-state index contributed by atoms with van der Waals surface area (Å²) in [6, 6.07) is 0. The second-order valence-electron chi connectivity index (χ2n) is 3.58. The lowest BCUT2D eigenvalue weighted by Gasteiger charge is -2.25. The van der Waals surface area contributed by atoms with Gasteiger partial charge in [0.15, 0.2) is 12.1 Å². The summed E-state index contributed by atoms with van der Waals surface area (Å²) in [6.45, 7) is 5.79. The number of hydrogen-bond acceptors (Lipinski definition) is 2. The molecular formula is C10H12O2. The van der Waals surface area contributed by atoms with Crippen molar-refractivity contribution >= 4 is 12.1 Å². The van der Waals surface area contributed by atoms with E-state index in [1.807, 2.05) is 26.8 Å². The molecule has 0 spiro atoms. The molecule has 0 bridgehead atoms. The number of aldehydes is 1. The molecule has 0 atom stereocenters. The zero-order valence-electron chi connectivity index (χ0n) is 7.55. The molecule has 64 valence electrons. The Bertz CT molecular complexity index is 293. The highest BCUT2D eigenvalue weighted by atomic mass is 16.1. The molecule has 0 radical (unpaired) electrons. The van der Waals surface area contributed by atoms with Gasteiger partial charge >= 0.3 is 0 Å². The lowest BCUT2D eigenvalue weighted by atomic mass is 9.78. The molecule has 0 aromatic heterocycles. The maximum absolute atomic E-state index is 11.1. The summed E-state index contributed by atoms with van der Waals surface area (Å²) in [5, 5.41) is 0. The third-order valence-corrected chi connectivity index (χ3v) is 2.41. The fourth-order valence-corrected chi connectivity index (χ4v) is 1.18. The van der Waals surface area contributed by atoms with Crippen LogP contribution in [0, 0.1) is 5.41 Å². The van der Waals surface area contributed by atoms with Crippen molar-refractivity contribution in [2.45, 2.75) is 20.8 Å². The monoisotopic (exact) mass is 164 g/mol. The van der Waals surface area contributed by atoms with Crippen molar-refractivity contribution in [1.82, 2.24) is 0 Å². The standard InChI is InChI=1S/C10H12O2/c1-7-8(6-11)9(12)4-5-10(7,2)3/h4-6H,1-3H3. The van der Waals surface area contributed by atoms with Crippen molar-refractivity contribution in [3.63, 3.8) is 0 Å². The van der Waals surface area contributed by atoms with Crippen LogP contribution in [0.1, 0.15) is 20.8 Å². The van der Waals surface area contributed by atoms with Crippen molar-refractivity contribution < 1.29 is 9.59 Å². The molecule has 0 amide bonds. The van der Waals surface area contributed by atoms with E-state index < -0.39 is 0 Å². The first-order valence-corrected chi connectivity index (χ1v) is 3.89. The number of rotatable bonds is 1. The largest absolute Gasteiger partial charge is 0.298 e. The Balaban J connectivity index is 3.23. The maximum Gasteiger partial charge on any atom is 0.188 e. The van der Waals surface area contributed by atoms with Crippen LogP contribution in [0.3, 0.4) is 0 Å². The Hall–Kier alpha value is -1.18. The molecule has 0 aliphatic heterocycles. The van der Waals surface area contributed by atoms with Gasteiger partial charge in [-0.1, -0.05) is 19.9 Å². The van der Waals surface area contributed by atoms with Gasteiger partial charge in [0.1, 0.15) is 0 Å². The van der Waals surface area contributed by atoms with Crippen LogP contribution in [-0.2, 0) is 9.59 Å². The Morgan fingerprint density at radius 3 is 2.42 bits per heavy atom. The molecule has 0 fully saturated rings. The van der Waals surface area contributed by atoms with Gasteiger partial charge in [-0.3, -0.25) is 9.59 Å². The molecule has 12 heavy (non-hydrogen) atoms. The lowest BCUT2D eigenvalue weighted by Crippen LogP contribution is -2.20. The van der Waals surface area contributed by atoms with E-state index in [9.17, 15) is 9.59 Å². The molecular weight excluding hydrogens is 152 g/mol. The topological polar surface area (TPSA) is 34.1 Å². The number of carbonyl (C=O) groups is 2. The van der Waals surface area contributed by atoms with Crippen LogP contribution in [0.4, 0.5) is 0 Å². The fourth-order valence-electron chi connectivity index (χ4n) is 1.18. The van der Waals surface area contributed by atoms with Gasteiger partial charge in [-0.25, -0.2) is 0 Å². The minimum Gasteiger partial charge on any atom is -0.298 e.